The normalized spacial score (nSPS) is 12.8. The van der Waals surface area contributed by atoms with E-state index < -0.39 is 0 Å². The zero-order chi connectivity index (χ0) is 14.5. The Morgan fingerprint density at radius 2 is 2.10 bits per heavy atom. The van der Waals surface area contributed by atoms with Gasteiger partial charge in [-0.05, 0) is 24.6 Å². The van der Waals surface area contributed by atoms with Crippen LogP contribution in [0.3, 0.4) is 0 Å². The zero-order valence-corrected chi connectivity index (χ0v) is 12.6. The van der Waals surface area contributed by atoms with Crippen LogP contribution in [0.15, 0.2) is 36.7 Å². The van der Waals surface area contributed by atoms with Gasteiger partial charge in [-0.3, -0.25) is 9.58 Å². The molecule has 1 aromatic heterocycles. The summed E-state index contributed by atoms with van der Waals surface area (Å²) in [6, 6.07) is 8.74. The molecule has 2 aromatic rings. The molecule has 0 spiro atoms. The lowest BCUT2D eigenvalue weighted by atomic mass is 10.1. The highest BCUT2D eigenvalue weighted by Crippen LogP contribution is 2.22. The molecule has 1 atom stereocenters. The SMILES string of the molecule is CCN(Cc1ccccc1C)C(CN)c1cnn(C)c1. The molecule has 4 nitrogen and oxygen atoms in total. The van der Waals surface area contributed by atoms with Crippen LogP contribution in [0.2, 0.25) is 0 Å². The highest BCUT2D eigenvalue weighted by molar-refractivity contribution is 5.26. The predicted molar refractivity (Wildman–Crippen MR) is 82.3 cm³/mol. The molecule has 0 amide bonds. The fourth-order valence-electron chi connectivity index (χ4n) is 2.56. The number of rotatable bonds is 6. The minimum Gasteiger partial charge on any atom is -0.329 e. The maximum atomic E-state index is 6.00. The number of aromatic nitrogens is 2. The summed E-state index contributed by atoms with van der Waals surface area (Å²) >= 11 is 0. The van der Waals surface area contributed by atoms with Crippen molar-refractivity contribution in [1.82, 2.24) is 14.7 Å². The van der Waals surface area contributed by atoms with Gasteiger partial charge in [-0.15, -0.1) is 0 Å². The Hall–Kier alpha value is -1.65. The van der Waals surface area contributed by atoms with Crippen molar-refractivity contribution in [2.45, 2.75) is 26.4 Å². The smallest absolute Gasteiger partial charge is 0.0538 e. The lowest BCUT2D eigenvalue weighted by molar-refractivity contribution is 0.203. The van der Waals surface area contributed by atoms with E-state index in [1.54, 1.807) is 0 Å². The molecule has 4 heteroatoms. The first-order valence-electron chi connectivity index (χ1n) is 7.12. The Morgan fingerprint density at radius 3 is 2.65 bits per heavy atom. The third-order valence-corrected chi connectivity index (χ3v) is 3.81. The van der Waals surface area contributed by atoms with E-state index in [1.807, 2.05) is 17.9 Å². The van der Waals surface area contributed by atoms with Gasteiger partial charge in [0.05, 0.1) is 12.2 Å². The number of nitrogens with zero attached hydrogens (tertiary/aromatic N) is 3. The molecule has 2 N–H and O–H groups in total. The number of benzene rings is 1. The third kappa shape index (κ3) is 3.26. The summed E-state index contributed by atoms with van der Waals surface area (Å²) in [4.78, 5) is 2.40. The van der Waals surface area contributed by atoms with Crippen molar-refractivity contribution < 1.29 is 0 Å². The van der Waals surface area contributed by atoms with Crippen molar-refractivity contribution in [3.05, 3.63) is 53.3 Å². The van der Waals surface area contributed by atoms with Gasteiger partial charge in [0, 0.05) is 31.9 Å². The van der Waals surface area contributed by atoms with Gasteiger partial charge in [0.15, 0.2) is 0 Å². The predicted octanol–water partition coefficient (Wildman–Crippen LogP) is 2.25. The first-order chi connectivity index (χ1) is 9.65. The fraction of sp³-hybridized carbons (Fsp3) is 0.438. The first kappa shape index (κ1) is 14.8. The minimum atomic E-state index is 0.216. The number of likely N-dealkylation sites (N-methyl/N-ethyl adjacent to an activating group) is 1. The molecule has 2 rings (SSSR count). The third-order valence-electron chi connectivity index (χ3n) is 3.81. The van der Waals surface area contributed by atoms with E-state index in [2.05, 4.69) is 54.3 Å². The number of nitrogens with two attached hydrogens (primary N) is 1. The van der Waals surface area contributed by atoms with Crippen LogP contribution in [0.25, 0.3) is 0 Å². The molecular formula is C16H24N4. The van der Waals surface area contributed by atoms with Gasteiger partial charge in [-0.2, -0.15) is 5.10 Å². The second-order valence-electron chi connectivity index (χ2n) is 5.19. The molecule has 1 aromatic carbocycles. The monoisotopic (exact) mass is 272 g/mol. The van der Waals surface area contributed by atoms with Gasteiger partial charge in [-0.25, -0.2) is 0 Å². The molecule has 0 radical (unpaired) electrons. The average molecular weight is 272 g/mol. The van der Waals surface area contributed by atoms with Crippen LogP contribution in [-0.2, 0) is 13.6 Å². The highest BCUT2D eigenvalue weighted by atomic mass is 15.2. The van der Waals surface area contributed by atoms with Gasteiger partial charge in [0.25, 0.3) is 0 Å². The van der Waals surface area contributed by atoms with E-state index in [4.69, 9.17) is 5.73 Å². The van der Waals surface area contributed by atoms with Gasteiger partial charge < -0.3 is 5.73 Å². The summed E-state index contributed by atoms with van der Waals surface area (Å²) in [6.07, 6.45) is 3.97. The van der Waals surface area contributed by atoms with Crippen molar-refractivity contribution >= 4 is 0 Å². The molecular weight excluding hydrogens is 248 g/mol. The molecule has 0 aliphatic heterocycles. The summed E-state index contributed by atoms with van der Waals surface area (Å²) in [5, 5.41) is 4.26. The fourth-order valence-corrected chi connectivity index (χ4v) is 2.56. The Morgan fingerprint density at radius 1 is 1.35 bits per heavy atom. The molecule has 0 saturated heterocycles. The van der Waals surface area contributed by atoms with Crippen LogP contribution in [0.5, 0.6) is 0 Å². The lowest BCUT2D eigenvalue weighted by Gasteiger charge is -2.29. The Bertz CT molecular complexity index is 547. The summed E-state index contributed by atoms with van der Waals surface area (Å²) in [5.74, 6) is 0. The van der Waals surface area contributed by atoms with Crippen molar-refractivity contribution in [2.24, 2.45) is 12.8 Å². The standard InChI is InChI=1S/C16H24N4/c1-4-20(12-14-8-6-5-7-13(14)2)16(9-17)15-10-18-19(3)11-15/h5-8,10-11,16H,4,9,12,17H2,1-3H3. The number of hydrogen-bond acceptors (Lipinski definition) is 3. The van der Waals surface area contributed by atoms with Gasteiger partial charge in [-0.1, -0.05) is 31.2 Å². The largest absolute Gasteiger partial charge is 0.329 e. The molecule has 1 heterocycles. The van der Waals surface area contributed by atoms with E-state index >= 15 is 0 Å². The van der Waals surface area contributed by atoms with E-state index in [0.29, 0.717) is 6.54 Å². The summed E-state index contributed by atoms with van der Waals surface area (Å²) in [5.41, 5.74) is 9.87. The summed E-state index contributed by atoms with van der Waals surface area (Å²) < 4.78 is 1.83. The van der Waals surface area contributed by atoms with Crippen molar-refractivity contribution in [2.75, 3.05) is 13.1 Å². The molecule has 0 bridgehead atoms. The molecule has 0 saturated carbocycles. The van der Waals surface area contributed by atoms with Crippen LogP contribution >= 0.6 is 0 Å². The van der Waals surface area contributed by atoms with Gasteiger partial charge in [0.2, 0.25) is 0 Å². The summed E-state index contributed by atoms with van der Waals surface area (Å²) in [7, 11) is 1.94. The number of hydrogen-bond donors (Lipinski definition) is 1. The average Bonchev–Trinajstić information content (AvgIpc) is 2.87. The maximum absolute atomic E-state index is 6.00. The van der Waals surface area contributed by atoms with Gasteiger partial charge in [0.1, 0.15) is 0 Å². The number of aryl methyl sites for hydroxylation is 2. The zero-order valence-electron chi connectivity index (χ0n) is 12.6. The maximum Gasteiger partial charge on any atom is 0.0538 e. The Balaban J connectivity index is 2.20. The van der Waals surface area contributed by atoms with E-state index in [1.165, 1.54) is 16.7 Å². The molecule has 0 aliphatic carbocycles. The van der Waals surface area contributed by atoms with E-state index in [9.17, 15) is 0 Å². The van der Waals surface area contributed by atoms with Crippen molar-refractivity contribution in [3.63, 3.8) is 0 Å². The topological polar surface area (TPSA) is 47.1 Å². The second kappa shape index (κ2) is 6.68. The van der Waals surface area contributed by atoms with Gasteiger partial charge >= 0.3 is 0 Å². The molecule has 0 fully saturated rings. The van der Waals surface area contributed by atoms with Crippen LogP contribution in [0, 0.1) is 6.92 Å². The Kier molecular flexibility index (Phi) is 4.93. The van der Waals surface area contributed by atoms with E-state index in [0.717, 1.165) is 13.1 Å². The molecule has 108 valence electrons. The van der Waals surface area contributed by atoms with Crippen LogP contribution in [-0.4, -0.2) is 27.8 Å². The second-order valence-corrected chi connectivity index (χ2v) is 5.19. The van der Waals surface area contributed by atoms with E-state index in [-0.39, 0.29) is 6.04 Å². The lowest BCUT2D eigenvalue weighted by Crippen LogP contribution is -2.33. The van der Waals surface area contributed by atoms with Crippen LogP contribution in [0.1, 0.15) is 29.7 Å². The van der Waals surface area contributed by atoms with Crippen LogP contribution < -0.4 is 5.73 Å². The molecule has 1 unspecified atom stereocenters. The molecule has 20 heavy (non-hydrogen) atoms. The van der Waals surface area contributed by atoms with Crippen LogP contribution in [0.4, 0.5) is 0 Å². The highest BCUT2D eigenvalue weighted by Gasteiger charge is 2.19. The van der Waals surface area contributed by atoms with Crippen molar-refractivity contribution in [1.29, 1.82) is 0 Å². The minimum absolute atomic E-state index is 0.216. The Labute approximate surface area is 121 Å². The quantitative estimate of drug-likeness (QED) is 0.877. The molecule has 0 aliphatic rings. The van der Waals surface area contributed by atoms with Crippen molar-refractivity contribution in [3.8, 4) is 0 Å². The summed E-state index contributed by atoms with van der Waals surface area (Å²) in [6.45, 7) is 6.82. The first-order valence-corrected chi connectivity index (χ1v) is 7.12.